The van der Waals surface area contributed by atoms with Crippen LogP contribution in [-0.4, -0.2) is 16.7 Å². The van der Waals surface area contributed by atoms with E-state index in [0.717, 1.165) is 22.3 Å². The Kier molecular flexibility index (Phi) is 8.79. The number of nitro groups is 1. The molecule has 0 fully saturated rings. The maximum Gasteiger partial charge on any atom is 0.269 e. The predicted octanol–water partition coefficient (Wildman–Crippen LogP) is 6.49. The van der Waals surface area contributed by atoms with E-state index in [0.29, 0.717) is 5.56 Å². The lowest BCUT2D eigenvalue weighted by atomic mass is 9.89. The van der Waals surface area contributed by atoms with E-state index in [-0.39, 0.29) is 17.5 Å². The first kappa shape index (κ1) is 28.0. The minimum Gasteiger partial charge on any atom is -0.331 e. The van der Waals surface area contributed by atoms with Crippen LogP contribution in [0.25, 0.3) is 0 Å². The normalized spacial score (nSPS) is 10.9. The van der Waals surface area contributed by atoms with Gasteiger partial charge in [0.25, 0.3) is 5.69 Å². The zero-order valence-corrected chi connectivity index (χ0v) is 22.7. The number of hydrogen-bond acceptors (Lipinski definition) is 4. The summed E-state index contributed by atoms with van der Waals surface area (Å²) in [7, 11) is 0. The summed E-state index contributed by atoms with van der Waals surface area (Å²) < 4.78 is 0. The molecule has 208 valence electrons. The highest BCUT2D eigenvalue weighted by Gasteiger charge is 2.30. The van der Waals surface area contributed by atoms with Crippen LogP contribution in [0.15, 0.2) is 146 Å². The molecule has 0 saturated carbocycles. The van der Waals surface area contributed by atoms with Crippen LogP contribution in [0, 0.1) is 10.1 Å². The Bertz CT molecular complexity index is 1470. The fraction of sp³-hybridized carbons (Fsp3) is 0.0857. The van der Waals surface area contributed by atoms with Crippen LogP contribution in [0.4, 0.5) is 5.69 Å². The minimum atomic E-state index is -1.05. The predicted molar refractivity (Wildman–Crippen MR) is 162 cm³/mol. The summed E-state index contributed by atoms with van der Waals surface area (Å²) >= 11 is 0. The first-order valence-electron chi connectivity index (χ1n) is 13.6. The van der Waals surface area contributed by atoms with Crippen molar-refractivity contribution < 1.29 is 14.5 Å². The molecule has 2 amide bonds. The summed E-state index contributed by atoms with van der Waals surface area (Å²) in [4.78, 5) is 39.2. The molecule has 0 saturated heterocycles. The van der Waals surface area contributed by atoms with Gasteiger partial charge in [0.05, 0.1) is 16.8 Å². The lowest BCUT2D eigenvalue weighted by molar-refractivity contribution is -0.384. The Balaban J connectivity index is 1.53. The van der Waals surface area contributed by atoms with Crippen molar-refractivity contribution in [2.24, 2.45) is 0 Å². The number of non-ortho nitro benzene ring substituents is 1. The van der Waals surface area contributed by atoms with Crippen molar-refractivity contribution in [3.8, 4) is 0 Å². The van der Waals surface area contributed by atoms with Crippen molar-refractivity contribution in [1.82, 2.24) is 10.6 Å². The molecule has 7 nitrogen and oxygen atoms in total. The van der Waals surface area contributed by atoms with Crippen LogP contribution in [0.2, 0.25) is 0 Å². The first-order valence-corrected chi connectivity index (χ1v) is 13.6. The minimum absolute atomic E-state index is 0.147. The van der Waals surface area contributed by atoms with Crippen molar-refractivity contribution >= 4 is 17.5 Å². The second-order valence-corrected chi connectivity index (χ2v) is 9.81. The van der Waals surface area contributed by atoms with Gasteiger partial charge >= 0.3 is 0 Å². The Morgan fingerprint density at radius 2 is 0.833 bits per heavy atom. The van der Waals surface area contributed by atoms with Gasteiger partial charge in [-0.05, 0) is 22.3 Å². The average molecular weight is 556 g/mol. The van der Waals surface area contributed by atoms with Crippen molar-refractivity contribution in [2.75, 3.05) is 0 Å². The van der Waals surface area contributed by atoms with Crippen LogP contribution in [0.1, 0.15) is 45.8 Å². The average Bonchev–Trinajstić information content (AvgIpc) is 3.03. The summed E-state index contributed by atoms with van der Waals surface area (Å²) in [5, 5.41) is 17.6. The van der Waals surface area contributed by atoms with Gasteiger partial charge in [-0.1, -0.05) is 133 Å². The smallest absolute Gasteiger partial charge is 0.269 e. The van der Waals surface area contributed by atoms with Gasteiger partial charge in [-0.25, -0.2) is 0 Å². The molecule has 0 bridgehead atoms. The standard InChI is InChI=1S/C35H29N3O4/c39-34(31(25-14-5-1-6-15-25)26-16-7-2-8-17-26)36-33(29-22-13-23-30(24-29)38(41)42)37-35(40)32(27-18-9-3-10-19-27)28-20-11-4-12-21-28/h1-24,31-33H,(H,36,39)(H,37,40). The lowest BCUT2D eigenvalue weighted by Crippen LogP contribution is -2.44. The van der Waals surface area contributed by atoms with E-state index in [4.69, 9.17) is 0 Å². The number of nitrogens with zero attached hydrogens (tertiary/aromatic N) is 1. The van der Waals surface area contributed by atoms with E-state index >= 15 is 0 Å². The van der Waals surface area contributed by atoms with Gasteiger partial charge in [0, 0.05) is 17.7 Å². The van der Waals surface area contributed by atoms with Crippen LogP contribution < -0.4 is 10.6 Å². The molecule has 0 spiro atoms. The van der Waals surface area contributed by atoms with Gasteiger partial charge in [0.1, 0.15) is 6.17 Å². The summed E-state index contributed by atoms with van der Waals surface area (Å²) in [5.74, 6) is -2.07. The third-order valence-corrected chi connectivity index (χ3v) is 7.04. The van der Waals surface area contributed by atoms with E-state index in [9.17, 15) is 19.7 Å². The molecule has 0 atom stereocenters. The maximum atomic E-state index is 14.0. The van der Waals surface area contributed by atoms with Crippen molar-refractivity contribution in [1.29, 1.82) is 0 Å². The van der Waals surface area contributed by atoms with Gasteiger partial charge in [-0.15, -0.1) is 0 Å². The lowest BCUT2D eigenvalue weighted by Gasteiger charge is -2.27. The maximum absolute atomic E-state index is 14.0. The molecule has 0 aliphatic carbocycles. The molecule has 7 heteroatoms. The zero-order valence-electron chi connectivity index (χ0n) is 22.7. The molecule has 2 N–H and O–H groups in total. The first-order chi connectivity index (χ1) is 20.5. The van der Waals surface area contributed by atoms with Gasteiger partial charge in [0.15, 0.2) is 0 Å². The number of nitrogens with one attached hydrogen (secondary N) is 2. The highest BCUT2D eigenvalue weighted by atomic mass is 16.6. The third-order valence-electron chi connectivity index (χ3n) is 7.04. The van der Waals surface area contributed by atoms with Crippen LogP contribution >= 0.6 is 0 Å². The van der Waals surface area contributed by atoms with Gasteiger partial charge < -0.3 is 10.6 Å². The number of amides is 2. The van der Waals surface area contributed by atoms with E-state index in [1.54, 1.807) is 6.07 Å². The fourth-order valence-corrected chi connectivity index (χ4v) is 5.04. The van der Waals surface area contributed by atoms with E-state index in [1.165, 1.54) is 18.2 Å². The van der Waals surface area contributed by atoms with Gasteiger partial charge in [0.2, 0.25) is 11.8 Å². The number of benzene rings is 5. The van der Waals surface area contributed by atoms with Crippen LogP contribution in [-0.2, 0) is 9.59 Å². The molecular formula is C35H29N3O4. The Hall–Kier alpha value is -5.56. The number of rotatable bonds is 10. The molecule has 0 heterocycles. The highest BCUT2D eigenvalue weighted by Crippen LogP contribution is 2.29. The summed E-state index contributed by atoms with van der Waals surface area (Å²) in [6.07, 6.45) is -1.05. The molecule has 0 unspecified atom stereocenters. The summed E-state index contributed by atoms with van der Waals surface area (Å²) in [6, 6.07) is 43.3. The SMILES string of the molecule is O=C(NC(NC(=O)C(c1ccccc1)c1ccccc1)c1cccc([N+](=O)[O-])c1)C(c1ccccc1)c1ccccc1. The molecule has 5 rings (SSSR count). The third kappa shape index (κ3) is 6.59. The second-order valence-electron chi connectivity index (χ2n) is 9.81. The monoisotopic (exact) mass is 555 g/mol. The van der Waals surface area contributed by atoms with E-state index in [2.05, 4.69) is 10.6 Å². The second kappa shape index (κ2) is 13.2. The number of carbonyl (C=O) groups is 2. The van der Waals surface area contributed by atoms with Crippen LogP contribution in [0.5, 0.6) is 0 Å². The zero-order chi connectivity index (χ0) is 29.3. The Morgan fingerprint density at radius 1 is 0.500 bits per heavy atom. The van der Waals surface area contributed by atoms with Gasteiger partial charge in [-0.3, -0.25) is 19.7 Å². The Labute approximate surface area is 244 Å². The van der Waals surface area contributed by atoms with Crippen molar-refractivity contribution in [2.45, 2.75) is 18.0 Å². The summed E-state index contributed by atoms with van der Waals surface area (Å²) in [5.41, 5.74) is 3.33. The number of nitro benzene ring substituents is 1. The molecule has 5 aromatic rings. The van der Waals surface area contributed by atoms with Crippen LogP contribution in [0.3, 0.4) is 0 Å². The summed E-state index contributed by atoms with van der Waals surface area (Å²) in [6.45, 7) is 0. The topological polar surface area (TPSA) is 101 Å². The quantitative estimate of drug-likeness (QED) is 0.117. The van der Waals surface area contributed by atoms with E-state index in [1.807, 2.05) is 121 Å². The molecule has 0 radical (unpaired) electrons. The molecule has 0 aliphatic heterocycles. The number of hydrogen-bond donors (Lipinski definition) is 2. The van der Waals surface area contributed by atoms with E-state index < -0.39 is 22.9 Å². The number of carbonyl (C=O) groups excluding carboxylic acids is 2. The molecule has 0 aromatic heterocycles. The van der Waals surface area contributed by atoms with Gasteiger partial charge in [-0.2, -0.15) is 0 Å². The van der Waals surface area contributed by atoms with Crippen molar-refractivity contribution in [3.63, 3.8) is 0 Å². The Morgan fingerprint density at radius 3 is 1.17 bits per heavy atom. The molecule has 42 heavy (non-hydrogen) atoms. The largest absolute Gasteiger partial charge is 0.331 e. The fourth-order valence-electron chi connectivity index (χ4n) is 5.04. The van der Waals surface area contributed by atoms with Crippen molar-refractivity contribution in [3.05, 3.63) is 184 Å². The molecular weight excluding hydrogens is 526 g/mol. The molecule has 0 aliphatic rings. The highest BCUT2D eigenvalue weighted by molar-refractivity contribution is 5.90. The molecule has 5 aromatic carbocycles.